The highest BCUT2D eigenvalue weighted by Gasteiger charge is 2.17. The predicted molar refractivity (Wildman–Crippen MR) is 69.7 cm³/mol. The van der Waals surface area contributed by atoms with Crippen LogP contribution in [0.3, 0.4) is 0 Å². The summed E-state index contributed by atoms with van der Waals surface area (Å²) in [6.07, 6.45) is 0.611. The summed E-state index contributed by atoms with van der Waals surface area (Å²) < 4.78 is 10.8. The van der Waals surface area contributed by atoms with Crippen LogP contribution in [0.4, 0.5) is 0 Å². The van der Waals surface area contributed by atoms with E-state index in [2.05, 4.69) is 0 Å². The van der Waals surface area contributed by atoms with Crippen molar-refractivity contribution in [3.8, 4) is 11.5 Å². The van der Waals surface area contributed by atoms with Crippen molar-refractivity contribution in [3.05, 3.63) is 23.8 Å². The van der Waals surface area contributed by atoms with Gasteiger partial charge in [0.15, 0.2) is 17.6 Å². The number of ether oxygens (including phenoxy) is 2. The first kappa shape index (κ1) is 14.3. The molecule has 1 amide bonds. The number of hydrogen-bond acceptors (Lipinski definition) is 4. The van der Waals surface area contributed by atoms with Crippen LogP contribution in [0.5, 0.6) is 11.5 Å². The molecule has 0 aromatic heterocycles. The molecule has 0 fully saturated rings. The zero-order valence-electron chi connectivity index (χ0n) is 10.8. The maximum atomic E-state index is 11.2. The maximum absolute atomic E-state index is 11.2. The van der Waals surface area contributed by atoms with Gasteiger partial charge in [0.25, 0.3) is 5.91 Å². The Labute approximate surface area is 107 Å². The predicted octanol–water partition coefficient (Wildman–Crippen LogP) is 0.839. The Hall–Kier alpha value is -1.75. The van der Waals surface area contributed by atoms with Crippen LogP contribution in [0.15, 0.2) is 18.2 Å². The Morgan fingerprint density at radius 1 is 1.39 bits per heavy atom. The molecule has 4 N–H and O–H groups in total. The van der Waals surface area contributed by atoms with Crippen LogP contribution < -0.4 is 20.9 Å². The maximum Gasteiger partial charge on any atom is 0.258 e. The number of benzene rings is 1. The molecule has 0 aliphatic heterocycles. The van der Waals surface area contributed by atoms with E-state index in [0.29, 0.717) is 24.5 Å². The summed E-state index contributed by atoms with van der Waals surface area (Å²) in [7, 11) is 1.55. The van der Waals surface area contributed by atoms with Crippen LogP contribution in [0.2, 0.25) is 0 Å². The fourth-order valence-electron chi connectivity index (χ4n) is 1.63. The van der Waals surface area contributed by atoms with Crippen molar-refractivity contribution in [1.82, 2.24) is 0 Å². The standard InChI is InChI=1S/C13H20N2O3/c1-3-10(13(15)16)18-12-8-9(6-7-14)4-5-11(12)17-2/h4-5,8,10H,3,6-7,14H2,1-2H3,(H2,15,16). The van der Waals surface area contributed by atoms with E-state index >= 15 is 0 Å². The lowest BCUT2D eigenvalue weighted by atomic mass is 10.1. The molecular formula is C13H20N2O3. The van der Waals surface area contributed by atoms with Crippen molar-refractivity contribution in [1.29, 1.82) is 0 Å². The normalized spacial score (nSPS) is 11.9. The van der Waals surface area contributed by atoms with E-state index < -0.39 is 12.0 Å². The molecule has 1 aromatic rings. The summed E-state index contributed by atoms with van der Waals surface area (Å²) in [4.78, 5) is 11.2. The van der Waals surface area contributed by atoms with Crippen molar-refractivity contribution in [3.63, 3.8) is 0 Å². The molecule has 0 heterocycles. The number of hydrogen-bond donors (Lipinski definition) is 2. The first-order valence-electron chi connectivity index (χ1n) is 5.95. The molecule has 1 rings (SSSR count). The SMILES string of the molecule is CCC(Oc1cc(CCN)ccc1OC)C(N)=O. The Bertz CT molecular complexity index is 407. The number of carbonyl (C=O) groups is 1. The minimum absolute atomic E-state index is 0.483. The molecule has 1 unspecified atom stereocenters. The Morgan fingerprint density at radius 3 is 2.61 bits per heavy atom. The topological polar surface area (TPSA) is 87.6 Å². The highest BCUT2D eigenvalue weighted by molar-refractivity contribution is 5.79. The average Bonchev–Trinajstić information content (AvgIpc) is 2.36. The van der Waals surface area contributed by atoms with Crippen LogP contribution in [0.1, 0.15) is 18.9 Å². The van der Waals surface area contributed by atoms with Crippen molar-refractivity contribution in [2.24, 2.45) is 11.5 Å². The van der Waals surface area contributed by atoms with Crippen molar-refractivity contribution in [2.45, 2.75) is 25.9 Å². The summed E-state index contributed by atoms with van der Waals surface area (Å²) in [5.74, 6) is 0.619. The second-order valence-electron chi connectivity index (χ2n) is 3.94. The van der Waals surface area contributed by atoms with Gasteiger partial charge >= 0.3 is 0 Å². The van der Waals surface area contributed by atoms with Gasteiger partial charge < -0.3 is 20.9 Å². The van der Waals surface area contributed by atoms with E-state index in [-0.39, 0.29) is 0 Å². The first-order valence-corrected chi connectivity index (χ1v) is 5.95. The summed E-state index contributed by atoms with van der Waals surface area (Å²) in [5.41, 5.74) is 11.8. The minimum Gasteiger partial charge on any atom is -0.493 e. The summed E-state index contributed by atoms with van der Waals surface area (Å²) in [5, 5.41) is 0. The van der Waals surface area contributed by atoms with Gasteiger partial charge in [-0.25, -0.2) is 0 Å². The third-order valence-corrected chi connectivity index (χ3v) is 2.62. The molecule has 5 heteroatoms. The van der Waals surface area contributed by atoms with Gasteiger partial charge in [-0.2, -0.15) is 0 Å². The van der Waals surface area contributed by atoms with E-state index in [4.69, 9.17) is 20.9 Å². The lowest BCUT2D eigenvalue weighted by Crippen LogP contribution is -2.33. The van der Waals surface area contributed by atoms with Crippen LogP contribution in [-0.4, -0.2) is 25.7 Å². The smallest absolute Gasteiger partial charge is 0.258 e. The van der Waals surface area contributed by atoms with Crippen molar-refractivity contribution in [2.75, 3.05) is 13.7 Å². The number of carbonyl (C=O) groups excluding carboxylic acids is 1. The van der Waals surface area contributed by atoms with E-state index in [0.717, 1.165) is 12.0 Å². The van der Waals surface area contributed by atoms with Gasteiger partial charge in [0.2, 0.25) is 0 Å². The average molecular weight is 252 g/mol. The summed E-state index contributed by atoms with van der Waals surface area (Å²) in [6, 6.07) is 5.55. The van der Waals surface area contributed by atoms with E-state index in [1.165, 1.54) is 0 Å². The molecule has 0 radical (unpaired) electrons. The second-order valence-corrected chi connectivity index (χ2v) is 3.94. The number of amides is 1. The third kappa shape index (κ3) is 3.63. The summed E-state index contributed by atoms with van der Waals surface area (Å²) >= 11 is 0. The third-order valence-electron chi connectivity index (χ3n) is 2.62. The van der Waals surface area contributed by atoms with Gasteiger partial charge in [0.05, 0.1) is 7.11 Å². The molecule has 18 heavy (non-hydrogen) atoms. The van der Waals surface area contributed by atoms with Crippen molar-refractivity contribution >= 4 is 5.91 Å². The van der Waals surface area contributed by atoms with Crippen LogP contribution >= 0.6 is 0 Å². The number of primary amides is 1. The fourth-order valence-corrected chi connectivity index (χ4v) is 1.63. The quantitative estimate of drug-likeness (QED) is 0.752. The Morgan fingerprint density at radius 2 is 2.11 bits per heavy atom. The fraction of sp³-hybridized carbons (Fsp3) is 0.462. The van der Waals surface area contributed by atoms with Crippen molar-refractivity contribution < 1.29 is 14.3 Å². The largest absolute Gasteiger partial charge is 0.493 e. The molecule has 100 valence electrons. The number of rotatable bonds is 7. The molecular weight excluding hydrogens is 232 g/mol. The zero-order chi connectivity index (χ0) is 13.5. The lowest BCUT2D eigenvalue weighted by Gasteiger charge is -2.17. The van der Waals surface area contributed by atoms with Crippen LogP contribution in [0.25, 0.3) is 0 Å². The van der Waals surface area contributed by atoms with E-state index in [1.807, 2.05) is 19.1 Å². The first-order chi connectivity index (χ1) is 8.62. The molecule has 0 aliphatic carbocycles. The highest BCUT2D eigenvalue weighted by Crippen LogP contribution is 2.29. The van der Waals surface area contributed by atoms with Gasteiger partial charge in [-0.05, 0) is 37.1 Å². The molecule has 5 nitrogen and oxygen atoms in total. The minimum atomic E-state index is -0.646. The number of methoxy groups -OCH3 is 1. The Balaban J connectivity index is 2.96. The second kappa shape index (κ2) is 6.86. The van der Waals surface area contributed by atoms with Gasteiger partial charge in [-0.1, -0.05) is 13.0 Å². The monoisotopic (exact) mass is 252 g/mol. The van der Waals surface area contributed by atoms with E-state index in [1.54, 1.807) is 13.2 Å². The molecule has 0 saturated heterocycles. The molecule has 1 aromatic carbocycles. The van der Waals surface area contributed by atoms with E-state index in [9.17, 15) is 4.79 Å². The highest BCUT2D eigenvalue weighted by atomic mass is 16.5. The lowest BCUT2D eigenvalue weighted by molar-refractivity contribution is -0.124. The van der Waals surface area contributed by atoms with Gasteiger partial charge in [-0.3, -0.25) is 4.79 Å². The molecule has 0 aliphatic rings. The molecule has 0 saturated carbocycles. The molecule has 0 spiro atoms. The Kier molecular flexibility index (Phi) is 5.45. The molecule has 0 bridgehead atoms. The van der Waals surface area contributed by atoms with Crippen LogP contribution in [-0.2, 0) is 11.2 Å². The van der Waals surface area contributed by atoms with Crippen LogP contribution in [0, 0.1) is 0 Å². The van der Waals surface area contributed by atoms with Gasteiger partial charge in [0, 0.05) is 0 Å². The summed E-state index contributed by atoms with van der Waals surface area (Å²) in [6.45, 7) is 2.39. The van der Waals surface area contributed by atoms with Gasteiger partial charge in [-0.15, -0.1) is 0 Å². The zero-order valence-corrected chi connectivity index (χ0v) is 10.8. The van der Waals surface area contributed by atoms with Gasteiger partial charge in [0.1, 0.15) is 0 Å². The molecule has 1 atom stereocenters. The number of nitrogens with two attached hydrogens (primary N) is 2.